The molecule has 0 aliphatic rings. The average molecular weight is 219 g/mol. The van der Waals surface area contributed by atoms with E-state index in [0.717, 1.165) is 10.8 Å². The molecule has 17 heavy (non-hydrogen) atoms. The number of rotatable bonds is 1. The molecule has 0 fully saturated rings. The van der Waals surface area contributed by atoms with Crippen LogP contribution in [0.15, 0.2) is 48.6 Å². The Morgan fingerprint density at radius 3 is 2.41 bits per heavy atom. The van der Waals surface area contributed by atoms with Crippen LogP contribution in [-0.4, -0.2) is 14.0 Å². The summed E-state index contributed by atoms with van der Waals surface area (Å²) in [6.45, 7) is 12.7. The van der Waals surface area contributed by atoms with Crippen LogP contribution in [0.1, 0.15) is 6.92 Å². The zero-order valence-electron chi connectivity index (χ0n) is 10.2. The molecule has 0 spiro atoms. The molecule has 0 amide bonds. The van der Waals surface area contributed by atoms with Crippen molar-refractivity contribution in [3.8, 4) is 0 Å². The first-order chi connectivity index (χ1) is 8.18. The van der Waals surface area contributed by atoms with E-state index >= 15 is 0 Å². The Bertz CT molecular complexity index is 638. The first kappa shape index (κ1) is 13.2. The Labute approximate surface area is 104 Å². The minimum atomic E-state index is 1.05. The van der Waals surface area contributed by atoms with Crippen LogP contribution >= 0.6 is 0 Å². The monoisotopic (exact) mass is 219 g/mol. The molecule has 0 aliphatic carbocycles. The third kappa shape index (κ3) is 3.04. The van der Waals surface area contributed by atoms with E-state index in [1.54, 1.807) is 0 Å². The summed E-state index contributed by atoms with van der Waals surface area (Å²) in [7, 11) is 4.25. The standard InChI is InChI=1S/C15H14.CH2B/c1-11(2)10-15-12(3)8-9-13-6-4-5-7-14(13)15;1-2/h4-10H,1,3H2,2H3;1H2/b15-10+;. The van der Waals surface area contributed by atoms with E-state index in [0.29, 0.717) is 0 Å². The van der Waals surface area contributed by atoms with E-state index < -0.39 is 0 Å². The number of benzene rings is 2. The summed E-state index contributed by atoms with van der Waals surface area (Å²) in [6, 6.07) is 12.5. The number of hydrogen-bond acceptors (Lipinski definition) is 0. The van der Waals surface area contributed by atoms with Crippen molar-refractivity contribution in [3.05, 3.63) is 59.0 Å². The molecule has 1 radical (unpaired) electrons. The third-order valence-corrected chi connectivity index (χ3v) is 2.45. The van der Waals surface area contributed by atoms with Crippen molar-refractivity contribution in [2.75, 3.05) is 0 Å². The van der Waals surface area contributed by atoms with E-state index in [1.807, 2.05) is 6.92 Å². The molecule has 83 valence electrons. The van der Waals surface area contributed by atoms with Gasteiger partial charge in [-0.15, -0.1) is 0 Å². The first-order valence-electron chi connectivity index (χ1n) is 5.43. The molecule has 0 heterocycles. The van der Waals surface area contributed by atoms with Crippen molar-refractivity contribution in [3.63, 3.8) is 0 Å². The summed E-state index contributed by atoms with van der Waals surface area (Å²) in [4.78, 5) is 0. The van der Waals surface area contributed by atoms with Gasteiger partial charge in [0.2, 0.25) is 0 Å². The van der Waals surface area contributed by atoms with Crippen LogP contribution in [0, 0.1) is 0 Å². The molecular formula is C16H16B. The fourth-order valence-corrected chi connectivity index (χ4v) is 1.76. The van der Waals surface area contributed by atoms with Gasteiger partial charge in [0.15, 0.2) is 0 Å². The van der Waals surface area contributed by atoms with E-state index in [-0.39, 0.29) is 0 Å². The van der Waals surface area contributed by atoms with Gasteiger partial charge in [0.1, 0.15) is 0 Å². The van der Waals surface area contributed by atoms with Gasteiger partial charge in [-0.25, -0.2) is 0 Å². The predicted octanol–water partition coefficient (Wildman–Crippen LogP) is 2.19. The zero-order chi connectivity index (χ0) is 12.8. The molecule has 2 aromatic carbocycles. The van der Waals surface area contributed by atoms with Crippen LogP contribution in [0.25, 0.3) is 23.4 Å². The van der Waals surface area contributed by atoms with Gasteiger partial charge >= 0.3 is 14.0 Å². The molecule has 0 saturated heterocycles. The molecular weight excluding hydrogens is 203 g/mol. The van der Waals surface area contributed by atoms with Gasteiger partial charge in [0, 0.05) is 0 Å². The average Bonchev–Trinajstić information content (AvgIpc) is 2.35. The van der Waals surface area contributed by atoms with E-state index in [1.165, 1.54) is 16.0 Å². The van der Waals surface area contributed by atoms with Crippen LogP contribution < -0.4 is 10.4 Å². The quantitative estimate of drug-likeness (QED) is 0.645. The van der Waals surface area contributed by atoms with Gasteiger partial charge in [-0.2, -0.15) is 0 Å². The Balaban J connectivity index is 0.000000686. The van der Waals surface area contributed by atoms with Crippen molar-refractivity contribution in [1.82, 2.24) is 0 Å². The van der Waals surface area contributed by atoms with Crippen molar-refractivity contribution < 1.29 is 0 Å². The second kappa shape index (κ2) is 6.00. The van der Waals surface area contributed by atoms with Crippen molar-refractivity contribution in [2.24, 2.45) is 0 Å². The first-order valence-corrected chi connectivity index (χ1v) is 5.43. The molecule has 0 saturated carbocycles. The molecule has 0 atom stereocenters. The maximum absolute atomic E-state index is 4.25. The molecule has 0 nitrogen and oxygen atoms in total. The predicted molar refractivity (Wildman–Crippen MR) is 80.9 cm³/mol. The number of hydrogen-bond donors (Lipinski definition) is 0. The third-order valence-electron chi connectivity index (χ3n) is 2.45. The normalized spacial score (nSPS) is 10.7. The van der Waals surface area contributed by atoms with Gasteiger partial charge in [0.05, 0.1) is 0 Å². The fourth-order valence-electron chi connectivity index (χ4n) is 1.76. The topological polar surface area (TPSA) is 0 Å². The second-order valence-electron chi connectivity index (χ2n) is 3.85. The molecule has 2 rings (SSSR count). The van der Waals surface area contributed by atoms with Gasteiger partial charge in [0.25, 0.3) is 0 Å². The summed E-state index contributed by atoms with van der Waals surface area (Å²) in [5.74, 6) is 0. The molecule has 1 heteroatoms. The Morgan fingerprint density at radius 1 is 1.12 bits per heavy atom. The molecule has 2 aromatic rings. The molecule has 0 aromatic heterocycles. The van der Waals surface area contributed by atoms with E-state index in [4.69, 9.17) is 0 Å². The SMILES string of the molecule is C=C(C)/C=c1\c(=C)ccc2ccccc12.[B]=C. The van der Waals surface area contributed by atoms with Crippen molar-refractivity contribution in [1.29, 1.82) is 0 Å². The van der Waals surface area contributed by atoms with E-state index in [2.05, 4.69) is 69.6 Å². The maximum atomic E-state index is 4.25. The number of allylic oxidation sites excluding steroid dienone is 1. The van der Waals surface area contributed by atoms with Gasteiger partial charge < -0.3 is 0 Å². The second-order valence-corrected chi connectivity index (χ2v) is 3.85. The Kier molecular flexibility index (Phi) is 4.65. The summed E-state index contributed by atoms with van der Waals surface area (Å²) < 4.78 is 0. The van der Waals surface area contributed by atoms with Crippen molar-refractivity contribution >= 4 is 37.4 Å². The van der Waals surface area contributed by atoms with Gasteiger partial charge in [-0.3, -0.25) is 0 Å². The minimum absolute atomic E-state index is 1.05. The van der Waals surface area contributed by atoms with Gasteiger partial charge in [-0.1, -0.05) is 61.2 Å². The molecule has 0 N–H and O–H groups in total. The van der Waals surface area contributed by atoms with Crippen LogP contribution in [-0.2, 0) is 0 Å². The fraction of sp³-hybridized carbons (Fsp3) is 0.0625. The molecule has 0 aliphatic heterocycles. The Hall–Kier alpha value is -1.89. The Morgan fingerprint density at radius 2 is 1.76 bits per heavy atom. The van der Waals surface area contributed by atoms with Crippen LogP contribution in [0.5, 0.6) is 0 Å². The molecule has 0 bridgehead atoms. The summed E-state index contributed by atoms with van der Waals surface area (Å²) in [5.41, 5.74) is 1.05. The number of fused-ring (bicyclic) bond motifs is 1. The van der Waals surface area contributed by atoms with Crippen LogP contribution in [0.4, 0.5) is 0 Å². The van der Waals surface area contributed by atoms with Gasteiger partial charge in [-0.05, 0) is 28.1 Å². The summed E-state index contributed by atoms with van der Waals surface area (Å²) in [5, 5.41) is 4.72. The van der Waals surface area contributed by atoms with E-state index in [9.17, 15) is 0 Å². The summed E-state index contributed by atoms with van der Waals surface area (Å²) >= 11 is 0. The van der Waals surface area contributed by atoms with Crippen molar-refractivity contribution in [2.45, 2.75) is 6.92 Å². The van der Waals surface area contributed by atoms with Crippen LogP contribution in [0.2, 0.25) is 0 Å². The van der Waals surface area contributed by atoms with Crippen LogP contribution in [0.3, 0.4) is 0 Å². The zero-order valence-corrected chi connectivity index (χ0v) is 10.2. The molecule has 0 unspecified atom stereocenters. The summed E-state index contributed by atoms with van der Waals surface area (Å²) in [6.07, 6.45) is 2.09.